The van der Waals surface area contributed by atoms with Crippen LogP contribution in [0.3, 0.4) is 0 Å². The molecule has 9 heteroatoms. The largest absolute Gasteiger partial charge is 0.357 e. The number of rotatable bonds is 8. The molecule has 0 aliphatic rings. The second-order valence-electron chi connectivity index (χ2n) is 4.78. The number of hydrogen-bond acceptors (Lipinski definition) is 5. The predicted molar refractivity (Wildman–Crippen MR) is 104 cm³/mol. The Hall–Kier alpha value is -0.420. The van der Waals surface area contributed by atoms with E-state index in [4.69, 9.17) is 0 Å². The third-order valence-electron chi connectivity index (χ3n) is 2.63. The second-order valence-corrected chi connectivity index (χ2v) is 8.10. The average molecular weight is 460 g/mol. The van der Waals surface area contributed by atoms with Crippen LogP contribution in [0.25, 0.3) is 0 Å². The molecule has 128 valence electrons. The molecule has 0 aliphatic heterocycles. The minimum Gasteiger partial charge on any atom is -0.357 e. The van der Waals surface area contributed by atoms with Crippen molar-refractivity contribution in [2.24, 2.45) is 4.99 Å². The lowest BCUT2D eigenvalue weighted by Gasteiger charge is -2.10. The molecule has 0 bridgehead atoms. The zero-order chi connectivity index (χ0) is 15.7. The van der Waals surface area contributed by atoms with Crippen LogP contribution in [0.15, 0.2) is 10.4 Å². The van der Waals surface area contributed by atoms with Gasteiger partial charge in [-0.2, -0.15) is 0 Å². The smallest absolute Gasteiger partial charge is 0.191 e. The minimum absolute atomic E-state index is 0. The van der Waals surface area contributed by atoms with Crippen LogP contribution < -0.4 is 10.6 Å². The predicted octanol–water partition coefficient (Wildman–Crippen LogP) is 1.60. The van der Waals surface area contributed by atoms with Gasteiger partial charge in [0.05, 0.1) is 16.5 Å². The van der Waals surface area contributed by atoms with Gasteiger partial charge in [-0.3, -0.25) is 4.99 Å². The van der Waals surface area contributed by atoms with Crippen molar-refractivity contribution < 1.29 is 8.42 Å². The summed E-state index contributed by atoms with van der Waals surface area (Å²) in [6.45, 7) is 6.01. The monoisotopic (exact) mass is 460 g/mol. The second kappa shape index (κ2) is 11.2. The number of aryl methyl sites for hydroxylation is 1. The van der Waals surface area contributed by atoms with Crippen LogP contribution in [0.1, 0.15) is 24.0 Å². The van der Waals surface area contributed by atoms with Gasteiger partial charge in [0.1, 0.15) is 9.84 Å². The summed E-state index contributed by atoms with van der Waals surface area (Å²) >= 11 is 1.65. The molecule has 22 heavy (non-hydrogen) atoms. The maximum Gasteiger partial charge on any atom is 0.191 e. The van der Waals surface area contributed by atoms with Crippen molar-refractivity contribution in [3.05, 3.63) is 16.1 Å². The Bertz CT molecular complexity index is 558. The standard InChI is InChI=1S/C13H24N4O2S2.HI/c1-4-14-13(15-7-5-9-21(3,18)19)16-8-6-12-10-20-11(2)17-12;/h10H,4-9H2,1-3H3,(H2,14,15,16);1H. The van der Waals surface area contributed by atoms with E-state index < -0.39 is 9.84 Å². The van der Waals surface area contributed by atoms with Gasteiger partial charge in [-0.05, 0) is 20.3 Å². The zero-order valence-corrected chi connectivity index (χ0v) is 17.2. The van der Waals surface area contributed by atoms with Gasteiger partial charge in [-0.1, -0.05) is 0 Å². The summed E-state index contributed by atoms with van der Waals surface area (Å²) in [5.41, 5.74) is 1.08. The highest BCUT2D eigenvalue weighted by molar-refractivity contribution is 14.0. The first-order chi connectivity index (χ1) is 9.90. The number of aromatic nitrogens is 1. The van der Waals surface area contributed by atoms with Crippen molar-refractivity contribution in [3.8, 4) is 0 Å². The number of aliphatic imine (C=N–C) groups is 1. The van der Waals surface area contributed by atoms with Crippen molar-refractivity contribution >= 4 is 51.1 Å². The topological polar surface area (TPSA) is 83.5 Å². The van der Waals surface area contributed by atoms with Crippen molar-refractivity contribution in [3.63, 3.8) is 0 Å². The van der Waals surface area contributed by atoms with Gasteiger partial charge in [0, 0.05) is 37.7 Å². The average Bonchev–Trinajstić information content (AvgIpc) is 2.79. The number of nitrogens with one attached hydrogen (secondary N) is 2. The Morgan fingerprint density at radius 2 is 2.14 bits per heavy atom. The van der Waals surface area contributed by atoms with Crippen LogP contribution in [0.4, 0.5) is 0 Å². The van der Waals surface area contributed by atoms with Gasteiger partial charge in [-0.25, -0.2) is 13.4 Å². The number of hydrogen-bond donors (Lipinski definition) is 2. The van der Waals surface area contributed by atoms with Crippen molar-refractivity contribution in [2.75, 3.05) is 31.6 Å². The number of sulfone groups is 1. The highest BCUT2D eigenvalue weighted by atomic mass is 127. The molecule has 0 radical (unpaired) electrons. The molecule has 0 fully saturated rings. The molecule has 0 aromatic carbocycles. The first-order valence-corrected chi connectivity index (χ1v) is 9.95. The maximum absolute atomic E-state index is 11.0. The van der Waals surface area contributed by atoms with Gasteiger partial charge >= 0.3 is 0 Å². The normalized spacial score (nSPS) is 11.9. The lowest BCUT2D eigenvalue weighted by atomic mass is 10.3. The van der Waals surface area contributed by atoms with Crippen molar-refractivity contribution in [2.45, 2.75) is 26.7 Å². The lowest BCUT2D eigenvalue weighted by molar-refractivity contribution is 0.599. The molecule has 6 nitrogen and oxygen atoms in total. The van der Waals surface area contributed by atoms with E-state index in [1.165, 1.54) is 6.26 Å². The van der Waals surface area contributed by atoms with Crippen molar-refractivity contribution in [1.82, 2.24) is 15.6 Å². The molecule has 0 aliphatic carbocycles. The van der Waals surface area contributed by atoms with Crippen LogP contribution in [0.2, 0.25) is 0 Å². The summed E-state index contributed by atoms with van der Waals surface area (Å²) in [4.78, 5) is 8.77. The van der Waals surface area contributed by atoms with E-state index in [1.807, 2.05) is 13.8 Å². The number of nitrogens with zero attached hydrogens (tertiary/aromatic N) is 2. The highest BCUT2D eigenvalue weighted by Crippen LogP contribution is 2.07. The van der Waals surface area contributed by atoms with Crippen LogP contribution in [0.5, 0.6) is 0 Å². The first kappa shape index (κ1) is 21.6. The van der Waals surface area contributed by atoms with Gasteiger partial charge in [0.25, 0.3) is 0 Å². The Kier molecular flexibility index (Phi) is 11.0. The molecule has 0 saturated heterocycles. The third-order valence-corrected chi connectivity index (χ3v) is 4.48. The van der Waals surface area contributed by atoms with Gasteiger partial charge in [-0.15, -0.1) is 35.3 Å². The molecule has 0 atom stereocenters. The van der Waals surface area contributed by atoms with E-state index in [-0.39, 0.29) is 29.7 Å². The molecular weight excluding hydrogens is 435 g/mol. The third kappa shape index (κ3) is 10.3. The van der Waals surface area contributed by atoms with E-state index in [0.29, 0.717) is 13.0 Å². The molecule has 1 heterocycles. The molecule has 2 N–H and O–H groups in total. The Labute approximate surface area is 154 Å². The Morgan fingerprint density at radius 1 is 1.41 bits per heavy atom. The fraction of sp³-hybridized carbons (Fsp3) is 0.692. The molecule has 0 spiro atoms. The molecule has 0 unspecified atom stereocenters. The van der Waals surface area contributed by atoms with Crippen LogP contribution in [0, 0.1) is 6.92 Å². The first-order valence-electron chi connectivity index (χ1n) is 7.01. The lowest BCUT2D eigenvalue weighted by Crippen LogP contribution is -2.38. The Balaban J connectivity index is 0.00000441. The molecule has 1 rings (SSSR count). The summed E-state index contributed by atoms with van der Waals surface area (Å²) in [5, 5.41) is 9.51. The zero-order valence-electron chi connectivity index (χ0n) is 13.3. The van der Waals surface area contributed by atoms with E-state index in [1.54, 1.807) is 11.3 Å². The summed E-state index contributed by atoms with van der Waals surface area (Å²) in [7, 11) is -2.90. The maximum atomic E-state index is 11.0. The number of thiazole rings is 1. The van der Waals surface area contributed by atoms with E-state index in [9.17, 15) is 8.42 Å². The summed E-state index contributed by atoms with van der Waals surface area (Å²) in [5.74, 6) is 0.895. The number of guanidine groups is 1. The van der Waals surface area contributed by atoms with E-state index >= 15 is 0 Å². The highest BCUT2D eigenvalue weighted by Gasteiger charge is 2.02. The molecule has 1 aromatic heterocycles. The van der Waals surface area contributed by atoms with E-state index in [2.05, 4.69) is 26.0 Å². The van der Waals surface area contributed by atoms with E-state index in [0.717, 1.165) is 36.2 Å². The molecule has 0 amide bonds. The van der Waals surface area contributed by atoms with Gasteiger partial charge < -0.3 is 10.6 Å². The SMILES string of the molecule is CCNC(=NCCCS(C)(=O)=O)NCCc1csc(C)n1.I. The fourth-order valence-electron chi connectivity index (χ4n) is 1.69. The summed E-state index contributed by atoms with van der Waals surface area (Å²) in [6.07, 6.45) is 2.63. The van der Waals surface area contributed by atoms with Crippen molar-refractivity contribution in [1.29, 1.82) is 0 Å². The molecular formula is C13H25IN4O2S2. The van der Waals surface area contributed by atoms with Crippen LogP contribution >= 0.6 is 35.3 Å². The summed E-state index contributed by atoms with van der Waals surface area (Å²) in [6, 6.07) is 0. The van der Waals surface area contributed by atoms with Gasteiger partial charge in [0.15, 0.2) is 5.96 Å². The number of halogens is 1. The Morgan fingerprint density at radius 3 is 2.68 bits per heavy atom. The minimum atomic E-state index is -2.90. The molecule has 0 saturated carbocycles. The summed E-state index contributed by atoms with van der Waals surface area (Å²) < 4.78 is 22.1. The fourth-order valence-corrected chi connectivity index (χ4v) is 2.99. The quantitative estimate of drug-likeness (QED) is 0.267. The van der Waals surface area contributed by atoms with Crippen LogP contribution in [-0.4, -0.2) is 51.0 Å². The van der Waals surface area contributed by atoms with Crippen LogP contribution in [-0.2, 0) is 16.3 Å². The van der Waals surface area contributed by atoms with Gasteiger partial charge in [0.2, 0.25) is 0 Å². The molecule has 1 aromatic rings.